The van der Waals surface area contributed by atoms with E-state index in [-0.39, 0.29) is 20.0 Å². The van der Waals surface area contributed by atoms with Gasteiger partial charge in [-0.15, -0.1) is 0 Å². The van der Waals surface area contributed by atoms with Crippen LogP contribution in [0.1, 0.15) is 19.4 Å². The minimum Gasteiger partial charge on any atom is -0.490 e. The molecular weight excluding hydrogens is 224 g/mol. The topological polar surface area (TPSA) is 68.2 Å². The first kappa shape index (κ1) is 12.0. The predicted molar refractivity (Wildman–Crippen MR) is 60.3 cm³/mol. The summed E-state index contributed by atoms with van der Waals surface area (Å²) in [6.07, 6.45) is 0. The molecule has 2 rings (SSSR count). The van der Waals surface area contributed by atoms with Crippen molar-refractivity contribution in [3.05, 3.63) is 17.7 Å². The molecule has 0 radical (unpaired) electrons. The van der Waals surface area contributed by atoms with Crippen LogP contribution in [-0.2, 0) is 6.61 Å². The normalized spacial score (nSPS) is 13.9. The molecular formula is C12H16O5. The Morgan fingerprint density at radius 1 is 1.29 bits per heavy atom. The van der Waals surface area contributed by atoms with Crippen molar-refractivity contribution in [3.63, 3.8) is 0 Å². The minimum atomic E-state index is -0.927. The maximum Gasteiger partial charge on any atom is 0.231 e. The van der Waals surface area contributed by atoms with Crippen LogP contribution in [0.2, 0.25) is 0 Å². The summed E-state index contributed by atoms with van der Waals surface area (Å²) in [7, 11) is 0. The van der Waals surface area contributed by atoms with E-state index in [0.717, 1.165) is 0 Å². The highest BCUT2D eigenvalue weighted by molar-refractivity contribution is 5.51. The van der Waals surface area contributed by atoms with Gasteiger partial charge >= 0.3 is 0 Å². The van der Waals surface area contributed by atoms with Gasteiger partial charge in [0.1, 0.15) is 12.4 Å². The van der Waals surface area contributed by atoms with Crippen LogP contribution < -0.4 is 14.2 Å². The molecule has 1 aromatic carbocycles. The fourth-order valence-electron chi connectivity index (χ4n) is 1.48. The second-order valence-corrected chi connectivity index (χ2v) is 4.57. The van der Waals surface area contributed by atoms with Gasteiger partial charge in [-0.25, -0.2) is 0 Å². The minimum absolute atomic E-state index is 0.139. The van der Waals surface area contributed by atoms with Crippen LogP contribution in [-0.4, -0.2) is 29.2 Å². The zero-order valence-electron chi connectivity index (χ0n) is 9.90. The third kappa shape index (κ3) is 2.81. The van der Waals surface area contributed by atoms with Gasteiger partial charge in [-0.05, 0) is 19.9 Å². The molecule has 0 saturated heterocycles. The molecule has 0 bridgehead atoms. The fraction of sp³-hybridized carbons (Fsp3) is 0.500. The third-order valence-electron chi connectivity index (χ3n) is 2.31. The Bertz CT molecular complexity index is 408. The summed E-state index contributed by atoms with van der Waals surface area (Å²) in [6, 6.07) is 3.35. The van der Waals surface area contributed by atoms with Crippen molar-refractivity contribution in [2.75, 3.05) is 13.4 Å². The Hall–Kier alpha value is -1.46. The first-order chi connectivity index (χ1) is 7.99. The Morgan fingerprint density at radius 3 is 2.53 bits per heavy atom. The molecule has 1 aliphatic rings. The van der Waals surface area contributed by atoms with Gasteiger partial charge in [-0.3, -0.25) is 0 Å². The lowest BCUT2D eigenvalue weighted by molar-refractivity contribution is 0.0276. The molecule has 0 aliphatic carbocycles. The van der Waals surface area contributed by atoms with Crippen LogP contribution in [0.4, 0.5) is 0 Å². The summed E-state index contributed by atoms with van der Waals surface area (Å²) in [5, 5.41) is 18.8. The molecule has 1 aromatic rings. The van der Waals surface area contributed by atoms with E-state index in [0.29, 0.717) is 22.8 Å². The molecule has 0 spiro atoms. The maximum atomic E-state index is 9.59. The SMILES string of the molecule is CC(C)(O)COc1cc2c(cc1CO)OCO2. The standard InChI is InChI=1S/C12H16O5/c1-12(2,14)6-15-9-4-11-10(16-7-17-11)3-8(9)5-13/h3-4,13-14H,5-7H2,1-2H3. The van der Waals surface area contributed by atoms with Crippen LogP contribution in [0.3, 0.4) is 0 Å². The molecule has 5 heteroatoms. The first-order valence-electron chi connectivity index (χ1n) is 5.38. The Kier molecular flexibility index (Phi) is 3.13. The van der Waals surface area contributed by atoms with Crippen molar-refractivity contribution in [2.24, 2.45) is 0 Å². The summed E-state index contributed by atoms with van der Waals surface area (Å²) in [6.45, 7) is 3.46. The lowest BCUT2D eigenvalue weighted by Crippen LogP contribution is -2.28. The molecule has 0 saturated carbocycles. The third-order valence-corrected chi connectivity index (χ3v) is 2.31. The number of hydrogen-bond acceptors (Lipinski definition) is 5. The molecule has 0 unspecified atom stereocenters. The summed E-state index contributed by atoms with van der Waals surface area (Å²) in [5.74, 6) is 1.69. The Morgan fingerprint density at radius 2 is 1.94 bits per heavy atom. The van der Waals surface area contributed by atoms with Crippen LogP contribution in [0.5, 0.6) is 17.2 Å². The Labute approximate surface area is 99.5 Å². The number of benzene rings is 1. The second kappa shape index (κ2) is 4.43. The van der Waals surface area contributed by atoms with E-state index in [1.807, 2.05) is 0 Å². The molecule has 5 nitrogen and oxygen atoms in total. The fourth-order valence-corrected chi connectivity index (χ4v) is 1.48. The zero-order valence-corrected chi connectivity index (χ0v) is 9.90. The summed E-state index contributed by atoms with van der Waals surface area (Å²) in [5.41, 5.74) is -0.318. The maximum absolute atomic E-state index is 9.59. The van der Waals surface area contributed by atoms with E-state index in [1.54, 1.807) is 26.0 Å². The highest BCUT2D eigenvalue weighted by Gasteiger charge is 2.20. The average Bonchev–Trinajstić information content (AvgIpc) is 2.70. The number of fused-ring (bicyclic) bond motifs is 1. The molecule has 0 fully saturated rings. The molecule has 94 valence electrons. The van der Waals surface area contributed by atoms with Crippen molar-refractivity contribution >= 4 is 0 Å². The van der Waals surface area contributed by atoms with Gasteiger partial charge in [-0.2, -0.15) is 0 Å². The highest BCUT2D eigenvalue weighted by Crippen LogP contribution is 2.38. The molecule has 1 heterocycles. The van der Waals surface area contributed by atoms with Gasteiger partial charge in [0.25, 0.3) is 0 Å². The Balaban J connectivity index is 2.21. The lowest BCUT2D eigenvalue weighted by atomic mass is 10.1. The van der Waals surface area contributed by atoms with Gasteiger partial charge < -0.3 is 24.4 Å². The zero-order chi connectivity index (χ0) is 12.5. The summed E-state index contributed by atoms with van der Waals surface area (Å²) < 4.78 is 15.9. The van der Waals surface area contributed by atoms with Crippen molar-refractivity contribution in [1.29, 1.82) is 0 Å². The van der Waals surface area contributed by atoms with Gasteiger partial charge in [-0.1, -0.05) is 0 Å². The van der Waals surface area contributed by atoms with Gasteiger partial charge in [0.05, 0.1) is 12.2 Å². The van der Waals surface area contributed by atoms with Gasteiger partial charge in [0.15, 0.2) is 11.5 Å². The monoisotopic (exact) mass is 240 g/mol. The summed E-state index contributed by atoms with van der Waals surface area (Å²) in [4.78, 5) is 0. The van der Waals surface area contributed by atoms with Crippen molar-refractivity contribution in [3.8, 4) is 17.2 Å². The number of rotatable bonds is 4. The van der Waals surface area contributed by atoms with Crippen LogP contribution in [0.25, 0.3) is 0 Å². The van der Waals surface area contributed by atoms with E-state index < -0.39 is 5.60 Å². The molecule has 17 heavy (non-hydrogen) atoms. The van der Waals surface area contributed by atoms with Crippen LogP contribution >= 0.6 is 0 Å². The lowest BCUT2D eigenvalue weighted by Gasteiger charge is -2.19. The number of ether oxygens (including phenoxy) is 3. The smallest absolute Gasteiger partial charge is 0.231 e. The largest absolute Gasteiger partial charge is 0.490 e. The van der Waals surface area contributed by atoms with Crippen molar-refractivity contribution in [1.82, 2.24) is 0 Å². The second-order valence-electron chi connectivity index (χ2n) is 4.57. The number of aliphatic hydroxyl groups excluding tert-OH is 1. The van der Waals surface area contributed by atoms with Crippen molar-refractivity contribution in [2.45, 2.75) is 26.1 Å². The quantitative estimate of drug-likeness (QED) is 0.823. The van der Waals surface area contributed by atoms with E-state index >= 15 is 0 Å². The predicted octanol–water partition coefficient (Wildman–Crippen LogP) is 1.06. The van der Waals surface area contributed by atoms with E-state index in [9.17, 15) is 10.2 Å². The molecule has 0 atom stereocenters. The summed E-state index contributed by atoms with van der Waals surface area (Å²) >= 11 is 0. The number of aliphatic hydroxyl groups is 2. The molecule has 0 amide bonds. The van der Waals surface area contributed by atoms with E-state index in [2.05, 4.69) is 0 Å². The average molecular weight is 240 g/mol. The molecule has 2 N–H and O–H groups in total. The molecule has 0 aromatic heterocycles. The van der Waals surface area contributed by atoms with E-state index in [4.69, 9.17) is 14.2 Å². The van der Waals surface area contributed by atoms with Gasteiger partial charge in [0.2, 0.25) is 6.79 Å². The molecule has 1 aliphatic heterocycles. The van der Waals surface area contributed by atoms with E-state index in [1.165, 1.54) is 0 Å². The van der Waals surface area contributed by atoms with Crippen LogP contribution in [0.15, 0.2) is 12.1 Å². The highest BCUT2D eigenvalue weighted by atomic mass is 16.7. The van der Waals surface area contributed by atoms with Crippen LogP contribution in [0, 0.1) is 0 Å². The number of hydrogen-bond donors (Lipinski definition) is 2. The van der Waals surface area contributed by atoms with Crippen molar-refractivity contribution < 1.29 is 24.4 Å². The first-order valence-corrected chi connectivity index (χ1v) is 5.38. The van der Waals surface area contributed by atoms with Gasteiger partial charge in [0, 0.05) is 11.6 Å².